The summed E-state index contributed by atoms with van der Waals surface area (Å²) in [5, 5.41) is 8.51. The monoisotopic (exact) mass is 379 g/mol. The molecule has 0 saturated carbocycles. The molecule has 8 nitrogen and oxygen atoms in total. The molecule has 0 bridgehead atoms. The second-order valence-electron chi connectivity index (χ2n) is 7.87. The maximum atomic E-state index is 12.6. The van der Waals surface area contributed by atoms with E-state index in [4.69, 9.17) is 8.83 Å². The van der Waals surface area contributed by atoms with E-state index in [2.05, 4.69) is 27.1 Å². The van der Waals surface area contributed by atoms with Crippen LogP contribution in [0.25, 0.3) is 11.5 Å². The molecule has 1 aromatic carbocycles. The summed E-state index contributed by atoms with van der Waals surface area (Å²) in [6.45, 7) is 4.07. The van der Waals surface area contributed by atoms with Crippen LogP contribution in [0.1, 0.15) is 34.6 Å². The Kier molecular flexibility index (Phi) is 3.83. The first kappa shape index (κ1) is 17.1. The molecule has 2 aliphatic heterocycles. The Morgan fingerprint density at radius 3 is 2.68 bits per heavy atom. The standard InChI is InChI=1S/C20H21N5O3/c1-13-16(27-12-21-13)19(26)25-10-20(11-25)8-15(24(2)9-20)18-23-22-17(28-18)14-6-4-3-5-7-14/h3-7,12,15H,8-11H2,1-2H3. The van der Waals surface area contributed by atoms with Gasteiger partial charge in [0, 0.05) is 30.6 Å². The number of aryl methyl sites for hydroxylation is 1. The SMILES string of the molecule is Cc1ncoc1C(=O)N1CC2(CC(c3nnc(-c4ccccc4)o3)N(C)C2)C1. The molecule has 28 heavy (non-hydrogen) atoms. The van der Waals surface area contributed by atoms with E-state index in [1.54, 1.807) is 6.92 Å². The number of carbonyl (C=O) groups excluding carboxylic acids is 1. The summed E-state index contributed by atoms with van der Waals surface area (Å²) < 4.78 is 11.2. The van der Waals surface area contributed by atoms with Crippen molar-refractivity contribution in [1.29, 1.82) is 0 Å². The van der Waals surface area contributed by atoms with Crippen LogP contribution in [0.4, 0.5) is 0 Å². The Morgan fingerprint density at radius 1 is 1.18 bits per heavy atom. The highest BCUT2D eigenvalue weighted by Crippen LogP contribution is 2.48. The van der Waals surface area contributed by atoms with E-state index >= 15 is 0 Å². The summed E-state index contributed by atoms with van der Waals surface area (Å²) >= 11 is 0. The highest BCUT2D eigenvalue weighted by Gasteiger charge is 2.53. The van der Waals surface area contributed by atoms with Crippen LogP contribution < -0.4 is 0 Å². The van der Waals surface area contributed by atoms with Crippen molar-refractivity contribution in [2.45, 2.75) is 19.4 Å². The van der Waals surface area contributed by atoms with Crippen LogP contribution in [0.2, 0.25) is 0 Å². The molecule has 1 unspecified atom stereocenters. The van der Waals surface area contributed by atoms with E-state index in [1.807, 2.05) is 35.2 Å². The molecule has 2 saturated heterocycles. The van der Waals surface area contributed by atoms with Gasteiger partial charge in [0.2, 0.25) is 17.5 Å². The third kappa shape index (κ3) is 2.72. The molecule has 4 heterocycles. The van der Waals surface area contributed by atoms with Crippen molar-refractivity contribution in [3.63, 3.8) is 0 Å². The molecule has 1 amide bonds. The number of carbonyl (C=O) groups is 1. The van der Waals surface area contributed by atoms with Crippen molar-refractivity contribution in [3.8, 4) is 11.5 Å². The Bertz CT molecular complexity index is 1010. The number of benzene rings is 1. The largest absolute Gasteiger partial charge is 0.438 e. The Morgan fingerprint density at radius 2 is 1.96 bits per heavy atom. The molecule has 0 aliphatic carbocycles. The lowest BCUT2D eigenvalue weighted by molar-refractivity contribution is 0.00898. The maximum Gasteiger partial charge on any atom is 0.291 e. The predicted octanol–water partition coefficient (Wildman–Crippen LogP) is 2.55. The summed E-state index contributed by atoms with van der Waals surface area (Å²) in [4.78, 5) is 20.7. The zero-order valence-electron chi connectivity index (χ0n) is 15.8. The second kappa shape index (κ2) is 6.27. The summed E-state index contributed by atoms with van der Waals surface area (Å²) in [6, 6.07) is 9.84. The van der Waals surface area contributed by atoms with Crippen molar-refractivity contribution in [2.75, 3.05) is 26.7 Å². The van der Waals surface area contributed by atoms with Gasteiger partial charge in [-0.3, -0.25) is 9.69 Å². The minimum Gasteiger partial charge on any atom is -0.438 e. The summed E-state index contributed by atoms with van der Waals surface area (Å²) in [5.74, 6) is 1.42. The van der Waals surface area contributed by atoms with E-state index in [0.717, 1.165) is 18.5 Å². The van der Waals surface area contributed by atoms with Crippen molar-refractivity contribution >= 4 is 5.91 Å². The van der Waals surface area contributed by atoms with Crippen molar-refractivity contribution in [2.24, 2.45) is 5.41 Å². The molecule has 1 spiro atoms. The van der Waals surface area contributed by atoms with E-state index in [-0.39, 0.29) is 17.4 Å². The predicted molar refractivity (Wildman–Crippen MR) is 99.3 cm³/mol. The Balaban J connectivity index is 1.28. The average Bonchev–Trinajstić information content (AvgIpc) is 3.39. The molecule has 0 radical (unpaired) electrons. The van der Waals surface area contributed by atoms with Crippen molar-refractivity contribution in [1.82, 2.24) is 25.0 Å². The van der Waals surface area contributed by atoms with E-state index in [0.29, 0.717) is 36.3 Å². The van der Waals surface area contributed by atoms with E-state index in [1.165, 1.54) is 6.39 Å². The molecule has 5 rings (SSSR count). The molecule has 0 N–H and O–H groups in total. The smallest absolute Gasteiger partial charge is 0.291 e. The topological polar surface area (TPSA) is 88.5 Å². The number of nitrogens with zero attached hydrogens (tertiary/aromatic N) is 5. The quantitative estimate of drug-likeness (QED) is 0.691. The third-order valence-electron chi connectivity index (χ3n) is 5.77. The van der Waals surface area contributed by atoms with Gasteiger partial charge in [-0.25, -0.2) is 4.98 Å². The van der Waals surface area contributed by atoms with Gasteiger partial charge in [-0.05, 0) is 32.5 Å². The minimum atomic E-state index is -0.0871. The Hall–Kier alpha value is -3.00. The van der Waals surface area contributed by atoms with Crippen LogP contribution in [-0.4, -0.2) is 57.6 Å². The van der Waals surface area contributed by atoms with E-state index < -0.39 is 0 Å². The van der Waals surface area contributed by atoms with Gasteiger partial charge in [0.15, 0.2) is 6.39 Å². The molecule has 2 fully saturated rings. The summed E-state index contributed by atoms with van der Waals surface area (Å²) in [7, 11) is 2.07. The number of aromatic nitrogens is 3. The molecule has 2 aromatic heterocycles. The number of rotatable bonds is 3. The first-order valence-electron chi connectivity index (χ1n) is 9.33. The lowest BCUT2D eigenvalue weighted by Crippen LogP contribution is -2.59. The number of hydrogen-bond donors (Lipinski definition) is 0. The van der Waals surface area contributed by atoms with Gasteiger partial charge in [0.25, 0.3) is 5.91 Å². The molecular weight excluding hydrogens is 358 g/mol. The van der Waals surface area contributed by atoms with Crippen LogP contribution in [0.5, 0.6) is 0 Å². The fraction of sp³-hybridized carbons (Fsp3) is 0.400. The molecule has 8 heteroatoms. The van der Waals surface area contributed by atoms with Gasteiger partial charge < -0.3 is 13.7 Å². The lowest BCUT2D eigenvalue weighted by Gasteiger charge is -2.47. The first-order chi connectivity index (χ1) is 13.5. The molecular formula is C20H21N5O3. The Labute approximate surface area is 162 Å². The van der Waals surface area contributed by atoms with Gasteiger partial charge in [-0.2, -0.15) is 0 Å². The zero-order chi connectivity index (χ0) is 19.3. The van der Waals surface area contributed by atoms with Gasteiger partial charge in [0.05, 0.1) is 11.7 Å². The van der Waals surface area contributed by atoms with Crippen LogP contribution >= 0.6 is 0 Å². The molecule has 144 valence electrons. The van der Waals surface area contributed by atoms with Crippen molar-refractivity contribution < 1.29 is 13.6 Å². The molecule has 3 aromatic rings. The van der Waals surface area contributed by atoms with Crippen LogP contribution in [0.3, 0.4) is 0 Å². The normalized spacial score (nSPS) is 21.2. The van der Waals surface area contributed by atoms with Crippen molar-refractivity contribution in [3.05, 3.63) is 54.1 Å². The number of amides is 1. The number of hydrogen-bond acceptors (Lipinski definition) is 7. The number of oxazole rings is 1. The minimum absolute atomic E-state index is 0.0599. The molecule has 2 aliphatic rings. The van der Waals surface area contributed by atoms with Crippen LogP contribution in [0.15, 0.2) is 45.6 Å². The highest BCUT2D eigenvalue weighted by atomic mass is 16.4. The zero-order valence-corrected chi connectivity index (χ0v) is 15.8. The first-order valence-corrected chi connectivity index (χ1v) is 9.33. The molecule has 1 atom stereocenters. The second-order valence-corrected chi connectivity index (χ2v) is 7.87. The van der Waals surface area contributed by atoms with Gasteiger partial charge >= 0.3 is 0 Å². The van der Waals surface area contributed by atoms with Crippen LogP contribution in [0, 0.1) is 12.3 Å². The van der Waals surface area contributed by atoms with E-state index in [9.17, 15) is 4.79 Å². The van der Waals surface area contributed by atoms with Gasteiger partial charge in [-0.1, -0.05) is 18.2 Å². The summed E-state index contributed by atoms with van der Waals surface area (Å²) in [5.41, 5.74) is 1.61. The fourth-order valence-electron chi connectivity index (χ4n) is 4.40. The lowest BCUT2D eigenvalue weighted by atomic mass is 9.77. The number of likely N-dealkylation sites (tertiary alicyclic amines) is 2. The van der Waals surface area contributed by atoms with Gasteiger partial charge in [0.1, 0.15) is 0 Å². The highest BCUT2D eigenvalue weighted by molar-refractivity contribution is 5.93. The fourth-order valence-corrected chi connectivity index (χ4v) is 4.40. The third-order valence-corrected chi connectivity index (χ3v) is 5.77. The maximum absolute atomic E-state index is 12.6. The van der Waals surface area contributed by atoms with Gasteiger partial charge in [-0.15, -0.1) is 10.2 Å². The van der Waals surface area contributed by atoms with Crippen LogP contribution in [-0.2, 0) is 0 Å². The average molecular weight is 379 g/mol. The summed E-state index contributed by atoms with van der Waals surface area (Å²) in [6.07, 6.45) is 2.20.